The number of rotatable bonds is 4. The molecular formula is C15H19NS. The summed E-state index contributed by atoms with van der Waals surface area (Å²) in [4.78, 5) is 0. The fourth-order valence-corrected chi connectivity index (χ4v) is 3.61. The van der Waals surface area contributed by atoms with Gasteiger partial charge in [-0.05, 0) is 47.2 Å². The van der Waals surface area contributed by atoms with Gasteiger partial charge in [0.05, 0.1) is 0 Å². The molecule has 1 aromatic heterocycles. The van der Waals surface area contributed by atoms with E-state index in [4.69, 9.17) is 0 Å². The van der Waals surface area contributed by atoms with Crippen LogP contribution in [0.3, 0.4) is 0 Å². The topological polar surface area (TPSA) is 12.0 Å². The number of thiophene rings is 1. The zero-order valence-corrected chi connectivity index (χ0v) is 11.3. The third-order valence-electron chi connectivity index (χ3n) is 3.96. The lowest BCUT2D eigenvalue weighted by Crippen LogP contribution is -2.27. The minimum atomic E-state index is 0.480. The summed E-state index contributed by atoms with van der Waals surface area (Å²) in [6.07, 6.45) is 2.71. The Labute approximate surface area is 107 Å². The van der Waals surface area contributed by atoms with Crippen molar-refractivity contribution in [3.05, 3.63) is 35.2 Å². The Morgan fingerprint density at radius 2 is 2.18 bits per heavy atom. The minimum Gasteiger partial charge on any atom is -0.310 e. The van der Waals surface area contributed by atoms with Gasteiger partial charge < -0.3 is 5.32 Å². The van der Waals surface area contributed by atoms with Crippen molar-refractivity contribution in [3.63, 3.8) is 0 Å². The Morgan fingerprint density at radius 3 is 2.88 bits per heavy atom. The van der Waals surface area contributed by atoms with Gasteiger partial charge in [-0.15, -0.1) is 11.3 Å². The maximum absolute atomic E-state index is 3.69. The van der Waals surface area contributed by atoms with Crippen molar-refractivity contribution in [1.29, 1.82) is 0 Å². The van der Waals surface area contributed by atoms with Crippen molar-refractivity contribution < 1.29 is 0 Å². The molecule has 0 aliphatic heterocycles. The van der Waals surface area contributed by atoms with Gasteiger partial charge in [-0.1, -0.05) is 32.0 Å². The molecular weight excluding hydrogens is 226 g/mol. The molecule has 0 saturated heterocycles. The molecule has 0 radical (unpaired) electrons. The molecule has 2 heteroatoms. The fourth-order valence-electron chi connectivity index (χ4n) is 2.67. The second-order valence-corrected chi connectivity index (χ2v) is 6.25. The maximum atomic E-state index is 3.69. The van der Waals surface area contributed by atoms with Gasteiger partial charge in [0.15, 0.2) is 0 Å². The number of hydrogen-bond donors (Lipinski definition) is 1. The Bertz CT molecular complexity index is 524. The average molecular weight is 245 g/mol. The van der Waals surface area contributed by atoms with Gasteiger partial charge in [-0.2, -0.15) is 0 Å². The van der Waals surface area contributed by atoms with Crippen molar-refractivity contribution >= 4 is 21.4 Å². The smallest absolute Gasteiger partial charge is 0.0390 e. The van der Waals surface area contributed by atoms with E-state index in [9.17, 15) is 0 Å². The van der Waals surface area contributed by atoms with Gasteiger partial charge in [0, 0.05) is 10.7 Å². The first kappa shape index (κ1) is 11.2. The van der Waals surface area contributed by atoms with Crippen molar-refractivity contribution in [2.45, 2.75) is 32.7 Å². The Kier molecular flexibility index (Phi) is 2.72. The molecule has 1 unspecified atom stereocenters. The predicted molar refractivity (Wildman–Crippen MR) is 75.6 cm³/mol. The molecule has 1 saturated carbocycles. The highest BCUT2D eigenvalue weighted by molar-refractivity contribution is 7.17. The molecule has 1 aromatic carbocycles. The molecule has 17 heavy (non-hydrogen) atoms. The Balaban J connectivity index is 2.08. The Hall–Kier alpha value is -0.860. The highest BCUT2D eigenvalue weighted by Gasteiger charge is 2.45. The first-order chi connectivity index (χ1) is 8.24. The number of nitrogens with one attached hydrogen (secondary N) is 1. The van der Waals surface area contributed by atoms with E-state index in [2.05, 4.69) is 48.8 Å². The lowest BCUT2D eigenvalue weighted by Gasteiger charge is -2.25. The molecule has 0 spiro atoms. The Morgan fingerprint density at radius 1 is 1.35 bits per heavy atom. The fraction of sp³-hybridized carbons (Fsp3) is 0.467. The lowest BCUT2D eigenvalue weighted by molar-refractivity contribution is 0.376. The van der Waals surface area contributed by atoms with Crippen molar-refractivity contribution in [1.82, 2.24) is 5.32 Å². The summed E-state index contributed by atoms with van der Waals surface area (Å²) in [7, 11) is 0. The number of fused-ring (bicyclic) bond motifs is 1. The highest BCUT2D eigenvalue weighted by atomic mass is 32.1. The lowest BCUT2D eigenvalue weighted by atomic mass is 9.91. The van der Waals surface area contributed by atoms with Gasteiger partial charge in [-0.3, -0.25) is 0 Å². The zero-order chi connectivity index (χ0) is 11.9. The van der Waals surface area contributed by atoms with Crippen LogP contribution < -0.4 is 5.32 Å². The van der Waals surface area contributed by atoms with E-state index in [1.54, 1.807) is 0 Å². The van der Waals surface area contributed by atoms with E-state index < -0.39 is 0 Å². The number of benzene rings is 1. The summed E-state index contributed by atoms with van der Waals surface area (Å²) in [5, 5.41) is 7.28. The van der Waals surface area contributed by atoms with Crippen LogP contribution >= 0.6 is 11.3 Å². The molecule has 1 N–H and O–H groups in total. The molecule has 3 rings (SSSR count). The molecule has 1 nitrogen and oxygen atoms in total. The van der Waals surface area contributed by atoms with Crippen molar-refractivity contribution in [3.8, 4) is 0 Å². The molecule has 0 bridgehead atoms. The van der Waals surface area contributed by atoms with Crippen LogP contribution in [0.2, 0.25) is 0 Å². The maximum Gasteiger partial charge on any atom is 0.0390 e. The molecule has 1 aliphatic carbocycles. The standard InChI is InChI=1S/C15H19NS/c1-3-16-14(15(2)8-9-15)12-6-4-5-11-7-10-17-13(11)12/h4-7,10,14,16H,3,8-9H2,1-2H3. The molecule has 0 amide bonds. The largest absolute Gasteiger partial charge is 0.310 e. The van der Waals surface area contributed by atoms with Crippen LogP contribution in [0, 0.1) is 5.41 Å². The molecule has 1 atom stereocenters. The third-order valence-corrected chi connectivity index (χ3v) is 4.94. The first-order valence-electron chi connectivity index (χ1n) is 6.44. The third kappa shape index (κ3) is 1.90. The molecule has 1 aliphatic rings. The van der Waals surface area contributed by atoms with Crippen LogP contribution in [0.1, 0.15) is 38.3 Å². The van der Waals surface area contributed by atoms with E-state index in [1.807, 2.05) is 11.3 Å². The van der Waals surface area contributed by atoms with Crippen LogP contribution in [0.25, 0.3) is 10.1 Å². The number of hydrogen-bond acceptors (Lipinski definition) is 2. The molecule has 2 aromatic rings. The van der Waals surface area contributed by atoms with Gasteiger partial charge in [0.25, 0.3) is 0 Å². The summed E-state index contributed by atoms with van der Waals surface area (Å²) in [6, 6.07) is 9.46. The van der Waals surface area contributed by atoms with Crippen molar-refractivity contribution in [2.75, 3.05) is 6.54 Å². The van der Waals surface area contributed by atoms with Crippen LogP contribution in [0.5, 0.6) is 0 Å². The van der Waals surface area contributed by atoms with E-state index in [0.29, 0.717) is 11.5 Å². The summed E-state index contributed by atoms with van der Waals surface area (Å²) >= 11 is 1.87. The van der Waals surface area contributed by atoms with Gasteiger partial charge in [0.2, 0.25) is 0 Å². The van der Waals surface area contributed by atoms with Gasteiger partial charge in [-0.25, -0.2) is 0 Å². The minimum absolute atomic E-state index is 0.480. The average Bonchev–Trinajstić information content (AvgIpc) is 2.91. The monoisotopic (exact) mass is 245 g/mol. The SMILES string of the molecule is CCNC(c1cccc2ccsc12)C1(C)CC1. The van der Waals surface area contributed by atoms with E-state index in [-0.39, 0.29) is 0 Å². The molecule has 1 heterocycles. The van der Waals surface area contributed by atoms with Gasteiger partial charge in [0.1, 0.15) is 0 Å². The second kappa shape index (κ2) is 4.11. The second-order valence-electron chi connectivity index (χ2n) is 5.33. The molecule has 90 valence electrons. The normalized spacial score (nSPS) is 19.4. The predicted octanol–water partition coefficient (Wildman–Crippen LogP) is 4.35. The van der Waals surface area contributed by atoms with E-state index in [0.717, 1.165) is 6.54 Å². The van der Waals surface area contributed by atoms with Gasteiger partial charge >= 0.3 is 0 Å². The van der Waals surface area contributed by atoms with Crippen LogP contribution in [-0.4, -0.2) is 6.54 Å². The van der Waals surface area contributed by atoms with Crippen molar-refractivity contribution in [2.24, 2.45) is 5.41 Å². The van der Waals surface area contributed by atoms with E-state index >= 15 is 0 Å². The summed E-state index contributed by atoms with van der Waals surface area (Å²) in [5.41, 5.74) is 1.98. The van der Waals surface area contributed by atoms with E-state index in [1.165, 1.54) is 28.5 Å². The summed E-state index contributed by atoms with van der Waals surface area (Å²) < 4.78 is 1.46. The quantitative estimate of drug-likeness (QED) is 0.844. The zero-order valence-electron chi connectivity index (χ0n) is 10.5. The summed E-state index contributed by atoms with van der Waals surface area (Å²) in [5.74, 6) is 0. The van der Waals surface area contributed by atoms with Crippen LogP contribution in [-0.2, 0) is 0 Å². The van der Waals surface area contributed by atoms with Crippen LogP contribution in [0.4, 0.5) is 0 Å². The highest BCUT2D eigenvalue weighted by Crippen LogP contribution is 2.55. The van der Waals surface area contributed by atoms with Crippen LogP contribution in [0.15, 0.2) is 29.6 Å². The molecule has 1 fully saturated rings. The summed E-state index contributed by atoms with van der Waals surface area (Å²) in [6.45, 7) is 5.65. The first-order valence-corrected chi connectivity index (χ1v) is 7.32.